The molecule has 1 fully saturated rings. The Labute approximate surface area is 139 Å². The highest BCUT2D eigenvalue weighted by Gasteiger charge is 2.22. The summed E-state index contributed by atoms with van der Waals surface area (Å²) in [7, 11) is 0. The summed E-state index contributed by atoms with van der Waals surface area (Å²) >= 11 is 0. The fraction of sp³-hybridized carbons (Fsp3) is 0.294. The Morgan fingerprint density at radius 2 is 2.00 bits per heavy atom. The lowest BCUT2D eigenvalue weighted by atomic mass is 10.1. The fourth-order valence-electron chi connectivity index (χ4n) is 2.78. The minimum Gasteiger partial charge on any atom is -0.371 e. The van der Waals surface area contributed by atoms with E-state index in [1.807, 2.05) is 13.0 Å². The van der Waals surface area contributed by atoms with Gasteiger partial charge in [0, 0.05) is 31.4 Å². The van der Waals surface area contributed by atoms with Gasteiger partial charge in [0.1, 0.15) is 5.82 Å². The van der Waals surface area contributed by atoms with Crippen molar-refractivity contribution < 1.29 is 9.72 Å². The maximum Gasteiger partial charge on any atom is 0.270 e. The Bertz CT molecular complexity index is 768. The number of carbonyl (C=O) groups is 1. The van der Waals surface area contributed by atoms with Crippen molar-refractivity contribution in [3.63, 3.8) is 0 Å². The maximum absolute atomic E-state index is 12.7. The minimum absolute atomic E-state index is 0.0973. The van der Waals surface area contributed by atoms with Crippen LogP contribution in [0.5, 0.6) is 0 Å². The number of non-ortho nitro benzene ring substituents is 1. The Kier molecular flexibility index (Phi) is 4.41. The van der Waals surface area contributed by atoms with Gasteiger partial charge in [-0.1, -0.05) is 6.07 Å². The largest absolute Gasteiger partial charge is 0.371 e. The smallest absolute Gasteiger partial charge is 0.270 e. The van der Waals surface area contributed by atoms with E-state index in [0.717, 1.165) is 37.2 Å². The predicted octanol–water partition coefficient (Wildman–Crippen LogP) is 3.15. The highest BCUT2D eigenvalue weighted by molar-refractivity contribution is 6.08. The number of aromatic nitrogens is 1. The van der Waals surface area contributed by atoms with Crippen molar-refractivity contribution in [1.29, 1.82) is 0 Å². The van der Waals surface area contributed by atoms with Crippen molar-refractivity contribution in [2.75, 3.05) is 23.3 Å². The molecule has 1 N–H and O–H groups in total. The molecule has 0 saturated carbocycles. The molecule has 1 amide bonds. The molecule has 0 unspecified atom stereocenters. The van der Waals surface area contributed by atoms with E-state index in [2.05, 4.69) is 15.2 Å². The van der Waals surface area contributed by atoms with E-state index in [9.17, 15) is 14.9 Å². The lowest BCUT2D eigenvalue weighted by Gasteiger charge is -2.20. The third kappa shape index (κ3) is 3.34. The van der Waals surface area contributed by atoms with Crippen LogP contribution < -0.4 is 10.2 Å². The van der Waals surface area contributed by atoms with Gasteiger partial charge >= 0.3 is 0 Å². The molecule has 1 saturated heterocycles. The summed E-state index contributed by atoms with van der Waals surface area (Å²) in [5.41, 5.74) is 1.91. The summed E-state index contributed by atoms with van der Waals surface area (Å²) in [4.78, 5) is 29.4. The van der Waals surface area contributed by atoms with Crippen LogP contribution in [0.25, 0.3) is 0 Å². The number of anilines is 2. The molecule has 2 aromatic rings. The maximum atomic E-state index is 12.7. The highest BCUT2D eigenvalue weighted by Crippen LogP contribution is 2.29. The van der Waals surface area contributed by atoms with Gasteiger partial charge in [0.25, 0.3) is 11.6 Å². The first kappa shape index (κ1) is 15.9. The molecule has 0 spiro atoms. The lowest BCUT2D eigenvalue weighted by molar-refractivity contribution is -0.384. The van der Waals surface area contributed by atoms with Gasteiger partial charge in [-0.3, -0.25) is 14.9 Å². The SMILES string of the molecule is Cc1ccc(NC(=O)c2cc([N+](=O)[O-])ccc2N2CCCC2)nc1. The number of nitro groups is 1. The summed E-state index contributed by atoms with van der Waals surface area (Å²) in [6.07, 6.45) is 3.76. The van der Waals surface area contributed by atoms with E-state index in [1.54, 1.807) is 18.3 Å². The second kappa shape index (κ2) is 6.66. The van der Waals surface area contributed by atoms with Gasteiger partial charge in [-0.2, -0.15) is 0 Å². The van der Waals surface area contributed by atoms with Crippen LogP contribution in [-0.2, 0) is 0 Å². The normalized spacial score (nSPS) is 13.8. The third-order valence-corrected chi connectivity index (χ3v) is 4.04. The number of hydrogen-bond donors (Lipinski definition) is 1. The molecule has 0 aliphatic carbocycles. The number of pyridine rings is 1. The molecule has 2 heterocycles. The van der Waals surface area contributed by atoms with Crippen LogP contribution in [0.4, 0.5) is 17.2 Å². The first-order valence-corrected chi connectivity index (χ1v) is 7.82. The molecule has 0 bridgehead atoms. The summed E-state index contributed by atoms with van der Waals surface area (Å²) in [6.45, 7) is 3.60. The van der Waals surface area contributed by atoms with Crippen LogP contribution in [0, 0.1) is 17.0 Å². The standard InChI is InChI=1S/C17H18N4O3/c1-12-4-7-16(18-11-12)19-17(22)14-10-13(21(23)24)5-6-15(14)20-8-2-3-9-20/h4-7,10-11H,2-3,8-9H2,1H3,(H,18,19,22). The van der Waals surface area contributed by atoms with E-state index in [1.165, 1.54) is 12.1 Å². The summed E-state index contributed by atoms with van der Waals surface area (Å²) < 4.78 is 0. The van der Waals surface area contributed by atoms with E-state index in [0.29, 0.717) is 11.4 Å². The number of nitrogens with zero attached hydrogens (tertiary/aromatic N) is 3. The number of carbonyl (C=O) groups excluding carboxylic acids is 1. The van der Waals surface area contributed by atoms with E-state index >= 15 is 0 Å². The van der Waals surface area contributed by atoms with Crippen LogP contribution in [0.15, 0.2) is 36.5 Å². The van der Waals surface area contributed by atoms with E-state index in [-0.39, 0.29) is 5.69 Å². The fourth-order valence-corrected chi connectivity index (χ4v) is 2.78. The second-order valence-corrected chi connectivity index (χ2v) is 5.83. The van der Waals surface area contributed by atoms with Crippen LogP contribution in [0.1, 0.15) is 28.8 Å². The molecule has 7 nitrogen and oxygen atoms in total. The number of nitro benzene ring substituents is 1. The molecular formula is C17H18N4O3. The topological polar surface area (TPSA) is 88.4 Å². The van der Waals surface area contributed by atoms with Crippen LogP contribution >= 0.6 is 0 Å². The van der Waals surface area contributed by atoms with Crippen LogP contribution in [-0.4, -0.2) is 28.9 Å². The van der Waals surface area contributed by atoms with Crippen molar-refractivity contribution in [2.24, 2.45) is 0 Å². The Hall–Kier alpha value is -2.96. The van der Waals surface area contributed by atoms with Crippen molar-refractivity contribution in [2.45, 2.75) is 19.8 Å². The van der Waals surface area contributed by atoms with E-state index in [4.69, 9.17) is 0 Å². The zero-order chi connectivity index (χ0) is 17.1. The molecule has 0 atom stereocenters. The van der Waals surface area contributed by atoms with Crippen LogP contribution in [0.2, 0.25) is 0 Å². The van der Waals surface area contributed by atoms with Crippen molar-refractivity contribution in [1.82, 2.24) is 4.98 Å². The molecular weight excluding hydrogens is 308 g/mol. The molecule has 7 heteroatoms. The Morgan fingerprint density at radius 3 is 2.62 bits per heavy atom. The van der Waals surface area contributed by atoms with E-state index < -0.39 is 10.8 Å². The highest BCUT2D eigenvalue weighted by atomic mass is 16.6. The van der Waals surface area contributed by atoms with Gasteiger partial charge < -0.3 is 10.2 Å². The Morgan fingerprint density at radius 1 is 1.25 bits per heavy atom. The van der Waals surface area contributed by atoms with Crippen molar-refractivity contribution in [3.8, 4) is 0 Å². The average Bonchev–Trinajstić information content (AvgIpc) is 3.10. The zero-order valence-electron chi connectivity index (χ0n) is 13.4. The number of benzene rings is 1. The predicted molar refractivity (Wildman–Crippen MR) is 91.5 cm³/mol. The molecule has 1 aliphatic rings. The molecule has 24 heavy (non-hydrogen) atoms. The summed E-state index contributed by atoms with van der Waals surface area (Å²) in [5.74, 6) is 0.0291. The van der Waals surface area contributed by atoms with Crippen molar-refractivity contribution >= 4 is 23.1 Å². The summed E-state index contributed by atoms with van der Waals surface area (Å²) in [5, 5.41) is 13.8. The quantitative estimate of drug-likeness (QED) is 0.689. The number of hydrogen-bond acceptors (Lipinski definition) is 5. The number of aryl methyl sites for hydroxylation is 1. The van der Waals surface area contributed by atoms with Gasteiger partial charge in [0.05, 0.1) is 16.2 Å². The number of nitrogens with one attached hydrogen (secondary N) is 1. The summed E-state index contributed by atoms with van der Waals surface area (Å²) in [6, 6.07) is 7.98. The number of rotatable bonds is 4. The monoisotopic (exact) mass is 326 g/mol. The van der Waals surface area contributed by atoms with Gasteiger partial charge in [-0.05, 0) is 37.5 Å². The average molecular weight is 326 g/mol. The number of amides is 1. The zero-order valence-corrected chi connectivity index (χ0v) is 13.4. The lowest BCUT2D eigenvalue weighted by Crippen LogP contribution is -2.23. The molecule has 1 aromatic carbocycles. The minimum atomic E-state index is -0.491. The molecule has 1 aromatic heterocycles. The Balaban J connectivity index is 1.93. The van der Waals surface area contributed by atoms with Crippen LogP contribution in [0.3, 0.4) is 0 Å². The van der Waals surface area contributed by atoms with Crippen molar-refractivity contribution in [3.05, 3.63) is 57.8 Å². The molecule has 0 radical (unpaired) electrons. The van der Waals surface area contributed by atoms with Gasteiger partial charge in [0.15, 0.2) is 0 Å². The molecule has 3 rings (SSSR count). The first-order valence-electron chi connectivity index (χ1n) is 7.82. The second-order valence-electron chi connectivity index (χ2n) is 5.83. The van der Waals surface area contributed by atoms with Gasteiger partial charge in [-0.25, -0.2) is 4.98 Å². The van der Waals surface area contributed by atoms with Gasteiger partial charge in [0.2, 0.25) is 0 Å². The molecule has 124 valence electrons. The molecule has 1 aliphatic heterocycles. The van der Waals surface area contributed by atoms with Gasteiger partial charge in [-0.15, -0.1) is 0 Å². The third-order valence-electron chi connectivity index (χ3n) is 4.04. The first-order chi connectivity index (χ1) is 11.5.